The maximum Gasteiger partial charge on any atom is 0.321 e. The number of hydrogen-bond acceptors (Lipinski definition) is 4. The second-order valence-electron chi connectivity index (χ2n) is 5.58. The summed E-state index contributed by atoms with van der Waals surface area (Å²) in [4.78, 5) is 24.9. The smallest absolute Gasteiger partial charge is 0.321 e. The van der Waals surface area contributed by atoms with E-state index in [9.17, 15) is 9.59 Å². The van der Waals surface area contributed by atoms with E-state index in [0.717, 1.165) is 14.5 Å². The summed E-state index contributed by atoms with van der Waals surface area (Å²) in [7, 11) is 1.32. The van der Waals surface area contributed by atoms with Gasteiger partial charge in [0.25, 0.3) is 0 Å². The second kappa shape index (κ2) is 6.69. The first-order valence-electron chi connectivity index (χ1n) is 7.27. The quantitative estimate of drug-likeness (QED) is 0.649. The lowest BCUT2D eigenvalue weighted by molar-refractivity contribution is -0.150. The Balaban J connectivity index is 2.22. The molecule has 0 bridgehead atoms. The van der Waals surface area contributed by atoms with Crippen molar-refractivity contribution >= 4 is 43.8 Å². The molecule has 2 aromatic rings. The van der Waals surface area contributed by atoms with E-state index in [1.54, 1.807) is 0 Å². The van der Waals surface area contributed by atoms with Crippen LogP contribution in [0.5, 0.6) is 0 Å². The number of carbonyl (C=O) groups excluding carboxylic acids is 2. The van der Waals surface area contributed by atoms with Gasteiger partial charge in [0.15, 0.2) is 0 Å². The van der Waals surface area contributed by atoms with Gasteiger partial charge in [0.2, 0.25) is 0 Å². The Morgan fingerprint density at radius 2 is 1.79 bits per heavy atom. The monoisotopic (exact) mass is 452 g/mol. The Hall–Kier alpha value is -1.66. The van der Waals surface area contributed by atoms with Gasteiger partial charge in [0.1, 0.15) is 11.5 Å². The van der Waals surface area contributed by atoms with Crippen molar-refractivity contribution in [3.63, 3.8) is 0 Å². The van der Waals surface area contributed by atoms with Crippen molar-refractivity contribution in [3.8, 4) is 0 Å². The average Bonchev–Trinajstić information content (AvgIpc) is 2.92. The number of cyclic esters (lactones) is 1. The SMILES string of the molecule is COC(=O)[C@@]1(c2ccccc2)CC(=O)O[C@H]1c1cc(Br)cc(Br)c1. The van der Waals surface area contributed by atoms with Crippen LogP contribution in [0.3, 0.4) is 0 Å². The normalized spacial score (nSPS) is 23.0. The number of halogens is 2. The molecule has 2 atom stereocenters. The Morgan fingerprint density at radius 1 is 1.17 bits per heavy atom. The number of carbonyl (C=O) groups is 2. The van der Waals surface area contributed by atoms with Crippen LogP contribution in [-0.4, -0.2) is 19.0 Å². The van der Waals surface area contributed by atoms with Gasteiger partial charge < -0.3 is 9.47 Å². The third kappa shape index (κ3) is 2.89. The molecule has 1 aliphatic rings. The van der Waals surface area contributed by atoms with Crippen molar-refractivity contribution in [1.82, 2.24) is 0 Å². The van der Waals surface area contributed by atoms with E-state index >= 15 is 0 Å². The van der Waals surface area contributed by atoms with Gasteiger partial charge in [-0.25, -0.2) is 0 Å². The molecule has 1 fully saturated rings. The zero-order valence-corrected chi connectivity index (χ0v) is 16.0. The highest BCUT2D eigenvalue weighted by Crippen LogP contribution is 2.49. The van der Waals surface area contributed by atoms with Gasteiger partial charge in [0, 0.05) is 8.95 Å². The average molecular weight is 454 g/mol. The first kappa shape index (κ1) is 17.2. The van der Waals surface area contributed by atoms with E-state index in [0.29, 0.717) is 5.56 Å². The minimum absolute atomic E-state index is 0.0571. The second-order valence-corrected chi connectivity index (χ2v) is 7.41. The van der Waals surface area contributed by atoms with Crippen LogP contribution in [0, 0.1) is 0 Å². The minimum atomic E-state index is -1.20. The molecule has 2 aromatic carbocycles. The fraction of sp³-hybridized carbons (Fsp3) is 0.222. The number of benzene rings is 2. The molecule has 0 saturated carbocycles. The zero-order chi connectivity index (χ0) is 17.3. The van der Waals surface area contributed by atoms with Gasteiger partial charge in [-0.1, -0.05) is 62.2 Å². The van der Waals surface area contributed by atoms with Crippen molar-refractivity contribution in [1.29, 1.82) is 0 Å². The molecule has 4 nitrogen and oxygen atoms in total. The summed E-state index contributed by atoms with van der Waals surface area (Å²) in [6, 6.07) is 14.7. The Morgan fingerprint density at radius 3 is 2.38 bits per heavy atom. The molecule has 6 heteroatoms. The number of rotatable bonds is 3. The number of esters is 2. The third-order valence-electron chi connectivity index (χ3n) is 4.15. The maximum absolute atomic E-state index is 12.8. The number of hydrogen-bond donors (Lipinski definition) is 0. The van der Waals surface area contributed by atoms with Gasteiger partial charge in [-0.05, 0) is 29.3 Å². The predicted octanol–water partition coefficient (Wildman–Crippen LogP) is 4.31. The molecule has 0 aromatic heterocycles. The molecule has 3 rings (SSSR count). The van der Waals surface area contributed by atoms with Crippen LogP contribution in [0.15, 0.2) is 57.5 Å². The van der Waals surface area contributed by atoms with Crippen LogP contribution in [-0.2, 0) is 24.5 Å². The molecule has 1 saturated heterocycles. The standard InChI is InChI=1S/C18H14Br2O4/c1-23-17(22)18(12-5-3-2-4-6-12)10-15(21)24-16(18)11-7-13(19)9-14(20)8-11/h2-9,16H,10H2,1H3/t16-,18+/m0/s1. The van der Waals surface area contributed by atoms with Crippen molar-refractivity contribution in [2.24, 2.45) is 0 Å². The topological polar surface area (TPSA) is 52.6 Å². The molecule has 0 unspecified atom stereocenters. The minimum Gasteiger partial charge on any atom is -0.468 e. The first-order valence-corrected chi connectivity index (χ1v) is 8.85. The Labute approximate surface area is 156 Å². The summed E-state index contributed by atoms with van der Waals surface area (Å²) in [6.45, 7) is 0. The lowest BCUT2D eigenvalue weighted by Crippen LogP contribution is -2.39. The van der Waals surface area contributed by atoms with E-state index < -0.39 is 23.5 Å². The molecule has 0 radical (unpaired) electrons. The summed E-state index contributed by atoms with van der Waals surface area (Å²) in [6.07, 6.45) is -0.813. The lowest BCUT2D eigenvalue weighted by Gasteiger charge is -2.30. The van der Waals surface area contributed by atoms with E-state index in [-0.39, 0.29) is 6.42 Å². The Bertz CT molecular complexity index is 771. The molecule has 1 heterocycles. The highest BCUT2D eigenvalue weighted by atomic mass is 79.9. The summed E-state index contributed by atoms with van der Waals surface area (Å²) >= 11 is 6.87. The summed E-state index contributed by atoms with van der Waals surface area (Å²) in [5, 5.41) is 0. The molecule has 0 N–H and O–H groups in total. The van der Waals surface area contributed by atoms with Gasteiger partial charge in [0.05, 0.1) is 13.5 Å². The van der Waals surface area contributed by atoms with E-state index in [4.69, 9.17) is 9.47 Å². The van der Waals surface area contributed by atoms with Crippen molar-refractivity contribution in [2.45, 2.75) is 17.9 Å². The van der Waals surface area contributed by atoms with Crippen LogP contribution in [0.2, 0.25) is 0 Å². The first-order chi connectivity index (χ1) is 11.5. The fourth-order valence-corrected chi connectivity index (χ4v) is 4.47. The molecule has 1 aliphatic heterocycles. The molecule has 0 aliphatic carbocycles. The van der Waals surface area contributed by atoms with Gasteiger partial charge in [-0.15, -0.1) is 0 Å². The van der Waals surface area contributed by atoms with E-state index in [2.05, 4.69) is 31.9 Å². The van der Waals surface area contributed by atoms with Crippen molar-refractivity contribution in [3.05, 3.63) is 68.6 Å². The lowest BCUT2D eigenvalue weighted by atomic mass is 9.72. The van der Waals surface area contributed by atoms with Crippen LogP contribution >= 0.6 is 31.9 Å². The summed E-state index contributed by atoms with van der Waals surface area (Å²) < 4.78 is 12.3. The van der Waals surface area contributed by atoms with Gasteiger partial charge >= 0.3 is 11.9 Å². The molecule has 124 valence electrons. The Kier molecular flexibility index (Phi) is 4.78. The molecule has 0 spiro atoms. The highest BCUT2D eigenvalue weighted by Gasteiger charge is 2.57. The highest BCUT2D eigenvalue weighted by molar-refractivity contribution is 9.11. The van der Waals surface area contributed by atoms with E-state index in [1.807, 2.05) is 48.5 Å². The van der Waals surface area contributed by atoms with Gasteiger partial charge in [-0.2, -0.15) is 0 Å². The van der Waals surface area contributed by atoms with E-state index in [1.165, 1.54) is 7.11 Å². The maximum atomic E-state index is 12.8. The molecular formula is C18H14Br2O4. The third-order valence-corrected chi connectivity index (χ3v) is 5.06. The molecule has 24 heavy (non-hydrogen) atoms. The van der Waals surface area contributed by atoms with Crippen LogP contribution in [0.1, 0.15) is 23.7 Å². The summed E-state index contributed by atoms with van der Waals surface area (Å²) in [5.41, 5.74) is 0.216. The van der Waals surface area contributed by atoms with Crippen LogP contribution < -0.4 is 0 Å². The molecular weight excluding hydrogens is 440 g/mol. The number of ether oxygens (including phenoxy) is 2. The predicted molar refractivity (Wildman–Crippen MR) is 95.4 cm³/mol. The van der Waals surface area contributed by atoms with Crippen LogP contribution in [0.4, 0.5) is 0 Å². The van der Waals surface area contributed by atoms with Crippen molar-refractivity contribution < 1.29 is 19.1 Å². The summed E-state index contributed by atoms with van der Waals surface area (Å²) in [5.74, 6) is -0.911. The van der Waals surface area contributed by atoms with Crippen LogP contribution in [0.25, 0.3) is 0 Å². The van der Waals surface area contributed by atoms with Crippen molar-refractivity contribution in [2.75, 3.05) is 7.11 Å². The largest absolute Gasteiger partial charge is 0.468 e. The molecule has 0 amide bonds. The number of methoxy groups -OCH3 is 1. The van der Waals surface area contributed by atoms with Gasteiger partial charge in [-0.3, -0.25) is 9.59 Å². The zero-order valence-electron chi connectivity index (χ0n) is 12.8. The fourth-order valence-electron chi connectivity index (χ4n) is 3.14.